The monoisotopic (exact) mass is 226 g/mol. The van der Waals surface area contributed by atoms with Gasteiger partial charge in [-0.05, 0) is 49.1 Å². The van der Waals surface area contributed by atoms with Crippen LogP contribution in [0, 0.1) is 13.8 Å². The molecule has 0 aliphatic heterocycles. The molecule has 0 radical (unpaired) electrons. The number of hydrogen-bond acceptors (Lipinski definition) is 1. The number of methoxy groups -OCH3 is 1. The minimum absolute atomic E-state index is 0.912. The average molecular weight is 226 g/mol. The van der Waals surface area contributed by atoms with Crippen molar-refractivity contribution in [2.75, 3.05) is 7.11 Å². The predicted octanol–water partition coefficient (Wildman–Crippen LogP) is 3.90. The van der Waals surface area contributed by atoms with Crippen LogP contribution >= 0.6 is 0 Å². The highest BCUT2D eigenvalue weighted by atomic mass is 16.5. The Kier molecular flexibility index (Phi) is 3.48. The standard InChI is InChI=1S/C16H18O/c1-12-4-5-13(2)15(10-12)11-14-6-8-16(17-3)9-7-14/h4-10H,11H2,1-3H3. The summed E-state index contributed by atoms with van der Waals surface area (Å²) in [7, 11) is 1.69. The molecule has 88 valence electrons. The predicted molar refractivity (Wildman–Crippen MR) is 71.7 cm³/mol. The van der Waals surface area contributed by atoms with Crippen molar-refractivity contribution in [3.05, 3.63) is 64.7 Å². The van der Waals surface area contributed by atoms with Gasteiger partial charge < -0.3 is 4.74 Å². The molecule has 0 saturated heterocycles. The highest BCUT2D eigenvalue weighted by Gasteiger charge is 2.01. The Hall–Kier alpha value is -1.76. The molecule has 2 rings (SSSR count). The van der Waals surface area contributed by atoms with E-state index >= 15 is 0 Å². The fraction of sp³-hybridized carbons (Fsp3) is 0.250. The molecule has 1 heteroatoms. The summed E-state index contributed by atoms with van der Waals surface area (Å²) >= 11 is 0. The fourth-order valence-corrected chi connectivity index (χ4v) is 1.95. The van der Waals surface area contributed by atoms with Crippen molar-refractivity contribution in [3.8, 4) is 5.75 Å². The molecule has 0 fully saturated rings. The summed E-state index contributed by atoms with van der Waals surface area (Å²) in [5.74, 6) is 0.912. The molecule has 0 heterocycles. The molecule has 1 nitrogen and oxygen atoms in total. The van der Waals surface area contributed by atoms with Gasteiger partial charge in [-0.25, -0.2) is 0 Å². The number of benzene rings is 2. The van der Waals surface area contributed by atoms with Crippen LogP contribution in [0.2, 0.25) is 0 Å². The number of aryl methyl sites for hydroxylation is 2. The molecule has 0 aromatic heterocycles. The molecule has 2 aromatic carbocycles. The molecule has 0 atom stereocenters. The average Bonchev–Trinajstić information content (AvgIpc) is 2.35. The van der Waals surface area contributed by atoms with Crippen LogP contribution in [0.5, 0.6) is 5.75 Å². The van der Waals surface area contributed by atoms with E-state index in [2.05, 4.69) is 44.2 Å². The van der Waals surface area contributed by atoms with Gasteiger partial charge in [0.2, 0.25) is 0 Å². The number of hydrogen-bond donors (Lipinski definition) is 0. The minimum atomic E-state index is 0.912. The molecule has 0 aliphatic rings. The highest BCUT2D eigenvalue weighted by molar-refractivity contribution is 5.36. The van der Waals surface area contributed by atoms with Crippen LogP contribution in [0.4, 0.5) is 0 Å². The van der Waals surface area contributed by atoms with Gasteiger partial charge in [-0.3, -0.25) is 0 Å². The summed E-state index contributed by atoms with van der Waals surface area (Å²) in [5.41, 5.74) is 5.39. The van der Waals surface area contributed by atoms with Crippen LogP contribution < -0.4 is 4.74 Å². The van der Waals surface area contributed by atoms with E-state index in [0.29, 0.717) is 0 Å². The lowest BCUT2D eigenvalue weighted by Gasteiger charge is -2.08. The van der Waals surface area contributed by atoms with Crippen LogP contribution in [0.25, 0.3) is 0 Å². The van der Waals surface area contributed by atoms with Gasteiger partial charge in [0, 0.05) is 0 Å². The lowest BCUT2D eigenvalue weighted by molar-refractivity contribution is 0.414. The quantitative estimate of drug-likeness (QED) is 0.771. The Labute approximate surface area is 103 Å². The minimum Gasteiger partial charge on any atom is -0.497 e. The van der Waals surface area contributed by atoms with Gasteiger partial charge in [0.05, 0.1) is 7.11 Å². The van der Waals surface area contributed by atoms with Crippen LogP contribution in [-0.4, -0.2) is 7.11 Å². The maximum absolute atomic E-state index is 5.16. The first-order chi connectivity index (χ1) is 8.19. The molecular weight excluding hydrogens is 208 g/mol. The summed E-state index contributed by atoms with van der Waals surface area (Å²) in [6, 6.07) is 14.9. The number of rotatable bonds is 3. The molecule has 0 N–H and O–H groups in total. The van der Waals surface area contributed by atoms with Crippen LogP contribution in [-0.2, 0) is 6.42 Å². The summed E-state index contributed by atoms with van der Waals surface area (Å²) in [6.45, 7) is 4.30. The van der Waals surface area contributed by atoms with Crippen molar-refractivity contribution in [1.29, 1.82) is 0 Å². The number of ether oxygens (including phenoxy) is 1. The van der Waals surface area contributed by atoms with Gasteiger partial charge >= 0.3 is 0 Å². The maximum Gasteiger partial charge on any atom is 0.118 e. The van der Waals surface area contributed by atoms with Crippen molar-refractivity contribution in [2.24, 2.45) is 0 Å². The third kappa shape index (κ3) is 2.88. The Bertz CT molecular complexity index is 497. The highest BCUT2D eigenvalue weighted by Crippen LogP contribution is 2.18. The van der Waals surface area contributed by atoms with Crippen LogP contribution in [0.15, 0.2) is 42.5 Å². The first-order valence-electron chi connectivity index (χ1n) is 5.88. The third-order valence-electron chi connectivity index (χ3n) is 3.06. The second kappa shape index (κ2) is 5.05. The van der Waals surface area contributed by atoms with E-state index in [9.17, 15) is 0 Å². The van der Waals surface area contributed by atoms with Crippen LogP contribution in [0.1, 0.15) is 22.3 Å². The zero-order chi connectivity index (χ0) is 12.3. The van der Waals surface area contributed by atoms with E-state index in [1.807, 2.05) is 12.1 Å². The van der Waals surface area contributed by atoms with Gasteiger partial charge in [0.25, 0.3) is 0 Å². The van der Waals surface area contributed by atoms with Crippen LogP contribution in [0.3, 0.4) is 0 Å². The van der Waals surface area contributed by atoms with E-state index in [4.69, 9.17) is 4.74 Å². The first-order valence-corrected chi connectivity index (χ1v) is 5.88. The van der Waals surface area contributed by atoms with Crippen molar-refractivity contribution in [1.82, 2.24) is 0 Å². The molecule has 0 spiro atoms. The van der Waals surface area contributed by atoms with E-state index in [1.54, 1.807) is 7.11 Å². The molecule has 0 amide bonds. The lowest BCUT2D eigenvalue weighted by Crippen LogP contribution is -1.93. The summed E-state index contributed by atoms with van der Waals surface area (Å²) < 4.78 is 5.16. The van der Waals surface area contributed by atoms with Crippen molar-refractivity contribution < 1.29 is 4.74 Å². The van der Waals surface area contributed by atoms with E-state index < -0.39 is 0 Å². The topological polar surface area (TPSA) is 9.23 Å². The molecule has 2 aromatic rings. The molecule has 0 saturated carbocycles. The van der Waals surface area contributed by atoms with Gasteiger partial charge in [-0.2, -0.15) is 0 Å². The smallest absolute Gasteiger partial charge is 0.118 e. The third-order valence-corrected chi connectivity index (χ3v) is 3.06. The molecule has 0 aliphatic carbocycles. The zero-order valence-electron chi connectivity index (χ0n) is 10.7. The Morgan fingerprint density at radius 1 is 0.941 bits per heavy atom. The summed E-state index contributed by atoms with van der Waals surface area (Å²) in [6.07, 6.45) is 0.984. The fourth-order valence-electron chi connectivity index (χ4n) is 1.95. The van der Waals surface area contributed by atoms with E-state index in [0.717, 1.165) is 12.2 Å². The van der Waals surface area contributed by atoms with Gasteiger partial charge in [0.1, 0.15) is 5.75 Å². The Balaban J connectivity index is 2.22. The SMILES string of the molecule is COc1ccc(Cc2cc(C)ccc2C)cc1. The second-order valence-corrected chi connectivity index (χ2v) is 4.45. The second-order valence-electron chi connectivity index (χ2n) is 4.45. The van der Waals surface area contributed by atoms with Gasteiger partial charge in [-0.15, -0.1) is 0 Å². The summed E-state index contributed by atoms with van der Waals surface area (Å²) in [4.78, 5) is 0. The van der Waals surface area contributed by atoms with Crippen molar-refractivity contribution >= 4 is 0 Å². The van der Waals surface area contributed by atoms with Gasteiger partial charge in [0.15, 0.2) is 0 Å². The molecule has 0 bridgehead atoms. The zero-order valence-corrected chi connectivity index (χ0v) is 10.7. The Morgan fingerprint density at radius 2 is 1.65 bits per heavy atom. The largest absolute Gasteiger partial charge is 0.497 e. The van der Waals surface area contributed by atoms with E-state index in [-0.39, 0.29) is 0 Å². The van der Waals surface area contributed by atoms with Crippen molar-refractivity contribution in [2.45, 2.75) is 20.3 Å². The van der Waals surface area contributed by atoms with Gasteiger partial charge in [-0.1, -0.05) is 35.9 Å². The molecule has 0 unspecified atom stereocenters. The van der Waals surface area contributed by atoms with Crippen molar-refractivity contribution in [3.63, 3.8) is 0 Å². The lowest BCUT2D eigenvalue weighted by atomic mass is 9.99. The first kappa shape index (κ1) is 11.7. The normalized spacial score (nSPS) is 10.3. The Morgan fingerprint density at radius 3 is 2.29 bits per heavy atom. The summed E-state index contributed by atoms with van der Waals surface area (Å²) in [5, 5.41) is 0. The maximum atomic E-state index is 5.16. The van der Waals surface area contributed by atoms with E-state index in [1.165, 1.54) is 22.3 Å². The molecule has 17 heavy (non-hydrogen) atoms. The molecular formula is C16H18O.